The van der Waals surface area contributed by atoms with E-state index in [2.05, 4.69) is 60.4 Å². The van der Waals surface area contributed by atoms with Crippen LogP contribution in [0.15, 0.2) is 73.1 Å². The van der Waals surface area contributed by atoms with Gasteiger partial charge in [0.25, 0.3) is 0 Å². The van der Waals surface area contributed by atoms with Crippen LogP contribution in [0.3, 0.4) is 0 Å². The van der Waals surface area contributed by atoms with Gasteiger partial charge in [0.15, 0.2) is 0 Å². The molecule has 0 aliphatic rings. The Bertz CT molecular complexity index is 1210. The normalized spacial score (nSPS) is 11.5. The summed E-state index contributed by atoms with van der Waals surface area (Å²) in [5, 5.41) is 8.43. The second-order valence-electron chi connectivity index (χ2n) is 6.06. The minimum absolute atomic E-state index is 0.998. The highest BCUT2D eigenvalue weighted by Gasteiger charge is 2.15. The quantitative estimate of drug-likeness (QED) is 0.435. The molecule has 0 N–H and O–H groups in total. The number of hydrogen-bond acceptors (Lipinski definition) is 2. The summed E-state index contributed by atoms with van der Waals surface area (Å²) in [5.74, 6) is 0. The van der Waals surface area contributed by atoms with Crippen molar-refractivity contribution in [2.45, 2.75) is 6.92 Å². The maximum atomic E-state index is 4.84. The van der Waals surface area contributed by atoms with Gasteiger partial charge >= 0.3 is 0 Å². The molecule has 5 aromatic rings. The van der Waals surface area contributed by atoms with Crippen molar-refractivity contribution in [2.75, 3.05) is 0 Å². The molecule has 0 unspecified atom stereocenters. The monoisotopic (exact) mass is 309 g/mol. The summed E-state index contributed by atoms with van der Waals surface area (Å²) in [6, 6.07) is 23.0. The molecule has 3 aromatic carbocycles. The van der Waals surface area contributed by atoms with E-state index >= 15 is 0 Å². The van der Waals surface area contributed by atoms with Crippen LogP contribution in [-0.2, 0) is 0 Å². The van der Waals surface area contributed by atoms with Gasteiger partial charge < -0.3 is 0 Å². The molecule has 114 valence electrons. The van der Waals surface area contributed by atoms with Gasteiger partial charge in [0.2, 0.25) is 0 Å². The van der Waals surface area contributed by atoms with Crippen molar-refractivity contribution >= 4 is 27.2 Å². The molecule has 0 saturated carbocycles. The summed E-state index contributed by atoms with van der Waals surface area (Å²) < 4.78 is 1.90. The first kappa shape index (κ1) is 13.3. The lowest BCUT2D eigenvalue weighted by atomic mass is 9.99. The van der Waals surface area contributed by atoms with Crippen molar-refractivity contribution in [3.05, 3.63) is 78.6 Å². The third kappa shape index (κ3) is 1.78. The molecule has 0 atom stereocenters. The third-order valence-electron chi connectivity index (χ3n) is 4.66. The molecular weight excluding hydrogens is 294 g/mol. The fourth-order valence-electron chi connectivity index (χ4n) is 3.52. The Labute approximate surface area is 139 Å². The Morgan fingerprint density at radius 1 is 0.792 bits per heavy atom. The summed E-state index contributed by atoms with van der Waals surface area (Å²) in [6.07, 6.45) is 1.80. The van der Waals surface area contributed by atoms with Crippen LogP contribution in [0.2, 0.25) is 0 Å². The van der Waals surface area contributed by atoms with Crippen LogP contribution in [0.4, 0.5) is 0 Å². The van der Waals surface area contributed by atoms with E-state index in [0.717, 1.165) is 22.1 Å². The molecule has 0 bridgehead atoms. The fourth-order valence-corrected chi connectivity index (χ4v) is 3.52. The van der Waals surface area contributed by atoms with E-state index in [1.165, 1.54) is 21.9 Å². The van der Waals surface area contributed by atoms with Gasteiger partial charge in [-0.15, -0.1) is 0 Å². The summed E-state index contributed by atoms with van der Waals surface area (Å²) >= 11 is 0. The molecule has 0 amide bonds. The molecule has 3 nitrogen and oxygen atoms in total. The average molecular weight is 309 g/mol. The summed E-state index contributed by atoms with van der Waals surface area (Å²) in [6.45, 7) is 2.14. The van der Waals surface area contributed by atoms with Gasteiger partial charge in [0.05, 0.1) is 16.7 Å². The van der Waals surface area contributed by atoms with Gasteiger partial charge in [-0.05, 0) is 23.8 Å². The van der Waals surface area contributed by atoms with Crippen molar-refractivity contribution in [3.8, 4) is 11.3 Å². The zero-order chi connectivity index (χ0) is 16.1. The van der Waals surface area contributed by atoms with E-state index in [0.29, 0.717) is 0 Å². The zero-order valence-corrected chi connectivity index (χ0v) is 13.3. The van der Waals surface area contributed by atoms with Crippen molar-refractivity contribution in [1.82, 2.24) is 14.6 Å². The maximum absolute atomic E-state index is 4.84. The average Bonchev–Trinajstić information content (AvgIpc) is 2.98. The Balaban J connectivity index is 1.90. The maximum Gasteiger partial charge on any atom is 0.118 e. The molecule has 0 saturated heterocycles. The van der Waals surface area contributed by atoms with E-state index in [9.17, 15) is 0 Å². The molecule has 0 aliphatic carbocycles. The third-order valence-corrected chi connectivity index (χ3v) is 4.66. The number of fused-ring (bicyclic) bond motifs is 4. The second-order valence-corrected chi connectivity index (χ2v) is 6.06. The van der Waals surface area contributed by atoms with Crippen LogP contribution in [0.5, 0.6) is 0 Å². The second kappa shape index (κ2) is 4.90. The minimum atomic E-state index is 0.998. The van der Waals surface area contributed by atoms with E-state index in [1.807, 2.05) is 22.7 Å². The van der Waals surface area contributed by atoms with Crippen molar-refractivity contribution in [2.24, 2.45) is 0 Å². The summed E-state index contributed by atoms with van der Waals surface area (Å²) in [5.41, 5.74) is 5.49. The number of aromatic nitrogens is 3. The first-order chi connectivity index (χ1) is 11.8. The van der Waals surface area contributed by atoms with Crippen molar-refractivity contribution in [3.63, 3.8) is 0 Å². The SMILES string of the molecule is Cc1c(-c2cccc3ccccc23)nn2cnc3ccccc3c12. The molecule has 5 rings (SSSR count). The van der Waals surface area contributed by atoms with Gasteiger partial charge in [-0.3, -0.25) is 0 Å². The highest BCUT2D eigenvalue weighted by molar-refractivity contribution is 6.01. The summed E-state index contributed by atoms with van der Waals surface area (Å²) in [7, 11) is 0. The smallest absolute Gasteiger partial charge is 0.118 e. The lowest BCUT2D eigenvalue weighted by molar-refractivity contribution is 0.939. The topological polar surface area (TPSA) is 30.2 Å². The zero-order valence-electron chi connectivity index (χ0n) is 13.3. The van der Waals surface area contributed by atoms with Gasteiger partial charge in [-0.1, -0.05) is 60.7 Å². The number of nitrogens with zero attached hydrogens (tertiary/aromatic N) is 3. The lowest BCUT2D eigenvalue weighted by Crippen LogP contribution is -1.90. The first-order valence-corrected chi connectivity index (χ1v) is 8.04. The molecule has 0 fully saturated rings. The highest BCUT2D eigenvalue weighted by atomic mass is 15.2. The number of para-hydroxylation sites is 1. The van der Waals surface area contributed by atoms with Gasteiger partial charge in [0.1, 0.15) is 6.33 Å². The van der Waals surface area contributed by atoms with Gasteiger partial charge in [0, 0.05) is 16.5 Å². The van der Waals surface area contributed by atoms with Crippen LogP contribution < -0.4 is 0 Å². The van der Waals surface area contributed by atoms with Crippen LogP contribution in [0.1, 0.15) is 5.56 Å². The Morgan fingerprint density at radius 2 is 1.54 bits per heavy atom. The fraction of sp³-hybridized carbons (Fsp3) is 0.0476. The Hall–Kier alpha value is -3.20. The predicted octanol–water partition coefficient (Wildman–Crippen LogP) is 5.01. The molecular formula is C21H15N3. The van der Waals surface area contributed by atoms with E-state index in [4.69, 9.17) is 5.10 Å². The molecule has 0 spiro atoms. The molecule has 0 radical (unpaired) electrons. The van der Waals surface area contributed by atoms with Crippen molar-refractivity contribution in [1.29, 1.82) is 0 Å². The van der Waals surface area contributed by atoms with Crippen molar-refractivity contribution < 1.29 is 0 Å². The summed E-state index contributed by atoms with van der Waals surface area (Å²) in [4.78, 5) is 4.52. The molecule has 2 heterocycles. The Kier molecular flexibility index (Phi) is 2.71. The van der Waals surface area contributed by atoms with Gasteiger partial charge in [-0.25, -0.2) is 9.50 Å². The molecule has 24 heavy (non-hydrogen) atoms. The molecule has 0 aliphatic heterocycles. The standard InChI is InChI=1S/C21H15N3/c1-14-20(17-11-6-8-15-7-2-3-9-16(15)17)23-24-13-22-19-12-5-4-10-18(19)21(14)24/h2-13H,1H3. The van der Waals surface area contributed by atoms with Crippen LogP contribution in [-0.4, -0.2) is 14.6 Å². The van der Waals surface area contributed by atoms with Crippen LogP contribution >= 0.6 is 0 Å². The number of hydrogen-bond donors (Lipinski definition) is 0. The minimum Gasteiger partial charge on any atom is -0.236 e. The van der Waals surface area contributed by atoms with E-state index < -0.39 is 0 Å². The number of rotatable bonds is 1. The first-order valence-electron chi connectivity index (χ1n) is 8.04. The number of benzene rings is 3. The van der Waals surface area contributed by atoms with Crippen LogP contribution in [0, 0.1) is 6.92 Å². The molecule has 2 aromatic heterocycles. The highest BCUT2D eigenvalue weighted by Crippen LogP contribution is 2.33. The van der Waals surface area contributed by atoms with E-state index in [1.54, 1.807) is 6.33 Å². The Morgan fingerprint density at radius 3 is 2.46 bits per heavy atom. The van der Waals surface area contributed by atoms with E-state index in [-0.39, 0.29) is 0 Å². The predicted molar refractivity (Wildman–Crippen MR) is 98.2 cm³/mol. The number of aryl methyl sites for hydroxylation is 1. The lowest BCUT2D eigenvalue weighted by Gasteiger charge is -2.04. The molecule has 3 heteroatoms. The largest absolute Gasteiger partial charge is 0.236 e. The van der Waals surface area contributed by atoms with Gasteiger partial charge in [-0.2, -0.15) is 5.10 Å². The van der Waals surface area contributed by atoms with Crippen LogP contribution in [0.25, 0.3) is 38.4 Å².